The predicted molar refractivity (Wildman–Crippen MR) is 65.4 cm³/mol. The van der Waals surface area contributed by atoms with Crippen LogP contribution in [0.4, 0.5) is 11.6 Å². The van der Waals surface area contributed by atoms with Crippen LogP contribution in [-0.2, 0) is 4.79 Å². The van der Waals surface area contributed by atoms with Crippen LogP contribution in [0.25, 0.3) is 0 Å². The summed E-state index contributed by atoms with van der Waals surface area (Å²) in [5.41, 5.74) is 14.9. The van der Waals surface area contributed by atoms with E-state index in [1.807, 2.05) is 5.32 Å². The monoisotopic (exact) mass is 284 g/mol. The average molecular weight is 284 g/mol. The van der Waals surface area contributed by atoms with Crippen molar-refractivity contribution < 1.29 is 24.6 Å². The van der Waals surface area contributed by atoms with Crippen LogP contribution in [0.3, 0.4) is 0 Å². The van der Waals surface area contributed by atoms with Gasteiger partial charge in [0.2, 0.25) is 0 Å². The Morgan fingerprint density at radius 1 is 1.15 bits per heavy atom. The predicted octanol–water partition coefficient (Wildman–Crippen LogP) is -3.08. The zero-order chi connectivity index (χ0) is 15.4. The third kappa shape index (κ3) is 3.08. The molecule has 9 N–H and O–H groups in total. The van der Waals surface area contributed by atoms with Crippen LogP contribution in [0.15, 0.2) is 0 Å². The van der Waals surface area contributed by atoms with Gasteiger partial charge in [0.15, 0.2) is 29.1 Å². The highest BCUT2D eigenvalue weighted by atomic mass is 16.4. The number of primary amides is 1. The van der Waals surface area contributed by atoms with E-state index in [1.54, 1.807) is 0 Å². The molecule has 11 heteroatoms. The summed E-state index contributed by atoms with van der Waals surface area (Å²) in [5, 5.41) is 19.4. The molecule has 0 fully saturated rings. The van der Waals surface area contributed by atoms with Crippen molar-refractivity contribution in [3.63, 3.8) is 0 Å². The second-order valence-corrected chi connectivity index (χ2v) is 3.60. The Morgan fingerprint density at radius 3 is 2.10 bits per heavy atom. The van der Waals surface area contributed by atoms with Crippen molar-refractivity contribution >= 4 is 29.4 Å². The number of carboxylic acids is 1. The van der Waals surface area contributed by atoms with Gasteiger partial charge in [-0.1, -0.05) is 0 Å². The van der Waals surface area contributed by atoms with Crippen LogP contribution in [0.2, 0.25) is 0 Å². The maximum Gasteiger partial charge on any atom is 0.328 e. The first kappa shape index (κ1) is 15.1. The van der Waals surface area contributed by atoms with Crippen molar-refractivity contribution in [1.82, 2.24) is 15.3 Å². The van der Waals surface area contributed by atoms with Gasteiger partial charge >= 0.3 is 5.97 Å². The molecule has 0 aromatic carbocycles. The van der Waals surface area contributed by atoms with Gasteiger partial charge < -0.3 is 32.7 Å². The maximum atomic E-state index is 11.7. The molecule has 0 saturated carbocycles. The quantitative estimate of drug-likeness (QED) is 0.323. The number of carbonyl (C=O) groups is 3. The summed E-state index contributed by atoms with van der Waals surface area (Å²) in [6.07, 6.45) is 0. The second-order valence-electron chi connectivity index (χ2n) is 3.60. The number of aliphatic hydroxyl groups is 1. The molecule has 0 saturated heterocycles. The van der Waals surface area contributed by atoms with Crippen molar-refractivity contribution in [2.45, 2.75) is 6.04 Å². The van der Waals surface area contributed by atoms with Gasteiger partial charge in [-0.05, 0) is 0 Å². The number of nitrogen functional groups attached to an aromatic ring is 2. The Kier molecular flexibility index (Phi) is 4.38. The highest BCUT2D eigenvalue weighted by Crippen LogP contribution is 2.12. The molecule has 0 radical (unpaired) electrons. The first-order valence-electron chi connectivity index (χ1n) is 5.15. The van der Waals surface area contributed by atoms with Gasteiger partial charge in [0.1, 0.15) is 0 Å². The summed E-state index contributed by atoms with van der Waals surface area (Å²) in [7, 11) is 0. The average Bonchev–Trinajstić information content (AvgIpc) is 2.37. The Morgan fingerprint density at radius 2 is 1.65 bits per heavy atom. The van der Waals surface area contributed by atoms with Gasteiger partial charge in [0, 0.05) is 0 Å². The molecule has 20 heavy (non-hydrogen) atoms. The van der Waals surface area contributed by atoms with E-state index in [0.717, 1.165) is 0 Å². The smallest absolute Gasteiger partial charge is 0.328 e. The minimum absolute atomic E-state index is 0.406. The Labute approximate surface area is 111 Å². The number of carboxylic acid groups (broad SMARTS) is 1. The molecule has 0 aliphatic heterocycles. The van der Waals surface area contributed by atoms with Crippen molar-refractivity contribution in [2.75, 3.05) is 18.1 Å². The minimum Gasteiger partial charge on any atom is -0.480 e. The number of carbonyl (C=O) groups excluding carboxylic acids is 2. The Hall–Kier alpha value is -2.95. The first-order chi connectivity index (χ1) is 9.27. The number of rotatable bonds is 5. The standard InChI is InChI=1S/C9H12N6O5/c10-5-3(7(12)17)14-6(11)4(15-5)8(18)13-2(1-16)9(19)20/h2,16H,1H2,(H2,10,15)(H2,11,14)(H2,12,17)(H,13,18)(H,19,20). The molecule has 1 unspecified atom stereocenters. The molecule has 0 aliphatic carbocycles. The molecule has 1 atom stereocenters. The van der Waals surface area contributed by atoms with Crippen LogP contribution in [0.1, 0.15) is 21.0 Å². The maximum absolute atomic E-state index is 11.7. The van der Waals surface area contributed by atoms with E-state index in [1.165, 1.54) is 0 Å². The van der Waals surface area contributed by atoms with Crippen LogP contribution in [0.5, 0.6) is 0 Å². The van der Waals surface area contributed by atoms with E-state index in [4.69, 9.17) is 27.4 Å². The molecular formula is C9H12N6O5. The molecule has 0 bridgehead atoms. The van der Waals surface area contributed by atoms with E-state index in [0.29, 0.717) is 0 Å². The van der Waals surface area contributed by atoms with Crippen molar-refractivity contribution in [3.05, 3.63) is 11.4 Å². The number of hydrogen-bond donors (Lipinski definition) is 6. The molecule has 0 spiro atoms. The van der Waals surface area contributed by atoms with Crippen molar-refractivity contribution in [3.8, 4) is 0 Å². The number of nitrogens with one attached hydrogen (secondary N) is 1. The minimum atomic E-state index is -1.54. The number of hydrogen-bond acceptors (Lipinski definition) is 8. The summed E-state index contributed by atoms with van der Waals surface area (Å²) in [6.45, 7) is -0.830. The van der Waals surface area contributed by atoms with Crippen LogP contribution < -0.4 is 22.5 Å². The fourth-order valence-corrected chi connectivity index (χ4v) is 1.22. The molecule has 108 valence electrons. The Balaban J connectivity index is 3.08. The van der Waals surface area contributed by atoms with Gasteiger partial charge in [-0.15, -0.1) is 0 Å². The highest BCUT2D eigenvalue weighted by molar-refractivity contribution is 6.01. The second kappa shape index (κ2) is 5.79. The van der Waals surface area contributed by atoms with Crippen LogP contribution in [0, 0.1) is 0 Å². The largest absolute Gasteiger partial charge is 0.480 e. The number of aromatic nitrogens is 2. The lowest BCUT2D eigenvalue weighted by Crippen LogP contribution is -2.44. The molecular weight excluding hydrogens is 272 g/mol. The van der Waals surface area contributed by atoms with E-state index >= 15 is 0 Å². The summed E-state index contributed by atoms with van der Waals surface area (Å²) >= 11 is 0. The number of amides is 2. The normalized spacial score (nSPS) is 11.7. The molecule has 2 amide bonds. The third-order valence-electron chi connectivity index (χ3n) is 2.18. The number of aliphatic hydroxyl groups excluding tert-OH is 1. The fourth-order valence-electron chi connectivity index (χ4n) is 1.22. The zero-order valence-corrected chi connectivity index (χ0v) is 10.0. The lowest BCUT2D eigenvalue weighted by Gasteiger charge is -2.12. The zero-order valence-electron chi connectivity index (χ0n) is 10.0. The molecule has 1 rings (SSSR count). The lowest BCUT2D eigenvalue weighted by atomic mass is 10.2. The van der Waals surface area contributed by atoms with Gasteiger partial charge in [0.05, 0.1) is 6.61 Å². The lowest BCUT2D eigenvalue weighted by molar-refractivity contribution is -0.140. The summed E-state index contributed by atoms with van der Waals surface area (Å²) in [4.78, 5) is 40.4. The number of anilines is 2. The SMILES string of the molecule is NC(=O)c1nc(N)c(C(=O)NC(CO)C(=O)O)nc1N. The van der Waals surface area contributed by atoms with Crippen molar-refractivity contribution in [2.24, 2.45) is 5.73 Å². The molecule has 11 nitrogen and oxygen atoms in total. The molecule has 1 aromatic rings. The van der Waals surface area contributed by atoms with E-state index in [9.17, 15) is 14.4 Å². The molecule has 1 heterocycles. The number of nitrogens with two attached hydrogens (primary N) is 3. The number of aliphatic carboxylic acids is 1. The number of nitrogens with zero attached hydrogens (tertiary/aromatic N) is 2. The fraction of sp³-hybridized carbons (Fsp3) is 0.222. The Bertz CT molecular complexity index is 574. The first-order valence-corrected chi connectivity index (χ1v) is 5.15. The van der Waals surface area contributed by atoms with E-state index in [2.05, 4.69) is 9.97 Å². The summed E-state index contributed by atoms with van der Waals surface area (Å²) in [5.74, 6) is -4.32. The van der Waals surface area contributed by atoms with Crippen molar-refractivity contribution in [1.29, 1.82) is 0 Å². The van der Waals surface area contributed by atoms with Gasteiger partial charge in [0.25, 0.3) is 11.8 Å². The third-order valence-corrected chi connectivity index (χ3v) is 2.18. The van der Waals surface area contributed by atoms with E-state index in [-0.39, 0.29) is 0 Å². The molecule has 1 aromatic heterocycles. The van der Waals surface area contributed by atoms with Crippen LogP contribution in [-0.4, -0.2) is 50.6 Å². The summed E-state index contributed by atoms with van der Waals surface area (Å²) < 4.78 is 0. The van der Waals surface area contributed by atoms with Gasteiger partial charge in [-0.25, -0.2) is 14.8 Å². The van der Waals surface area contributed by atoms with E-state index < -0.39 is 53.5 Å². The van der Waals surface area contributed by atoms with Crippen LogP contribution >= 0.6 is 0 Å². The van der Waals surface area contributed by atoms with Gasteiger partial charge in [-0.3, -0.25) is 9.59 Å². The molecule has 0 aliphatic rings. The van der Waals surface area contributed by atoms with Gasteiger partial charge in [-0.2, -0.15) is 0 Å². The topological polar surface area (TPSA) is 208 Å². The summed E-state index contributed by atoms with van der Waals surface area (Å²) in [6, 6.07) is -1.54. The highest BCUT2D eigenvalue weighted by Gasteiger charge is 2.24.